The van der Waals surface area contributed by atoms with E-state index in [1.807, 2.05) is 10.6 Å². The van der Waals surface area contributed by atoms with Gasteiger partial charge >= 0.3 is 0 Å². The summed E-state index contributed by atoms with van der Waals surface area (Å²) in [6.45, 7) is 4.46. The largest absolute Gasteiger partial charge is 0.493 e. The number of nitrogens with zero attached hydrogens (tertiary/aromatic N) is 5. The van der Waals surface area contributed by atoms with Crippen LogP contribution in [0.15, 0.2) is 30.9 Å². The molecule has 150 valence electrons. The molecule has 1 N–H and O–H groups in total. The SMILES string of the molecule is COc1cc(C#N)ccc1OCC1CCCN(CCn2cnnc2)C1.O=CO. The number of methoxy groups -OCH3 is 1. The molecule has 1 unspecified atom stereocenters. The van der Waals surface area contributed by atoms with Gasteiger partial charge in [-0.15, -0.1) is 10.2 Å². The van der Waals surface area contributed by atoms with Crippen molar-refractivity contribution in [2.75, 3.05) is 33.4 Å². The molecule has 0 spiro atoms. The lowest BCUT2D eigenvalue weighted by molar-refractivity contribution is -0.122. The average Bonchev–Trinajstić information content (AvgIpc) is 3.25. The number of carbonyl (C=O) groups is 1. The maximum atomic E-state index is 8.97. The first-order valence-corrected chi connectivity index (χ1v) is 9.03. The summed E-state index contributed by atoms with van der Waals surface area (Å²) in [5.74, 6) is 1.80. The van der Waals surface area contributed by atoms with Gasteiger partial charge in [0.15, 0.2) is 11.5 Å². The lowest BCUT2D eigenvalue weighted by Crippen LogP contribution is -2.39. The molecule has 2 heterocycles. The second-order valence-corrected chi connectivity index (χ2v) is 6.40. The summed E-state index contributed by atoms with van der Waals surface area (Å²) < 4.78 is 13.3. The van der Waals surface area contributed by atoms with Crippen LogP contribution in [0, 0.1) is 17.2 Å². The normalized spacial score (nSPS) is 16.4. The van der Waals surface area contributed by atoms with Crippen LogP contribution in [0.4, 0.5) is 0 Å². The van der Waals surface area contributed by atoms with Crippen molar-refractivity contribution in [3.05, 3.63) is 36.4 Å². The smallest absolute Gasteiger partial charge is 0.290 e. The number of ether oxygens (including phenoxy) is 2. The Balaban J connectivity index is 0.000000878. The molecule has 1 aromatic heterocycles. The zero-order chi connectivity index (χ0) is 20.2. The molecule has 1 aliphatic heterocycles. The van der Waals surface area contributed by atoms with Gasteiger partial charge in [0.1, 0.15) is 12.7 Å². The number of rotatable bonds is 7. The molecule has 0 amide bonds. The molecule has 0 radical (unpaired) electrons. The fourth-order valence-corrected chi connectivity index (χ4v) is 3.15. The number of nitriles is 1. The van der Waals surface area contributed by atoms with Crippen molar-refractivity contribution in [2.45, 2.75) is 19.4 Å². The Hall–Kier alpha value is -3.12. The number of aromatic nitrogens is 3. The predicted octanol–water partition coefficient (Wildman–Crippen LogP) is 1.65. The van der Waals surface area contributed by atoms with Crippen molar-refractivity contribution >= 4 is 6.47 Å². The number of carboxylic acid groups (broad SMARTS) is 1. The third-order valence-electron chi connectivity index (χ3n) is 4.51. The topological polar surface area (TPSA) is 114 Å². The second kappa shape index (κ2) is 11.6. The van der Waals surface area contributed by atoms with Crippen LogP contribution in [0.3, 0.4) is 0 Å². The van der Waals surface area contributed by atoms with Gasteiger partial charge in [-0.3, -0.25) is 4.79 Å². The molecule has 0 saturated carbocycles. The molecule has 1 fully saturated rings. The van der Waals surface area contributed by atoms with Gasteiger partial charge in [-0.25, -0.2) is 0 Å². The molecule has 28 heavy (non-hydrogen) atoms. The number of piperidine rings is 1. The molecule has 1 saturated heterocycles. The summed E-state index contributed by atoms with van der Waals surface area (Å²) in [4.78, 5) is 10.8. The monoisotopic (exact) mass is 387 g/mol. The van der Waals surface area contributed by atoms with Crippen molar-refractivity contribution in [2.24, 2.45) is 5.92 Å². The van der Waals surface area contributed by atoms with E-state index in [4.69, 9.17) is 24.6 Å². The highest BCUT2D eigenvalue weighted by Gasteiger charge is 2.21. The van der Waals surface area contributed by atoms with Gasteiger partial charge in [0, 0.05) is 31.6 Å². The lowest BCUT2D eigenvalue weighted by Gasteiger charge is -2.32. The molecule has 0 bridgehead atoms. The first-order valence-electron chi connectivity index (χ1n) is 9.03. The molecule has 3 rings (SSSR count). The number of benzene rings is 1. The Morgan fingerprint density at radius 2 is 2.07 bits per heavy atom. The minimum absolute atomic E-state index is 0.250. The highest BCUT2D eigenvalue weighted by molar-refractivity contribution is 5.46. The van der Waals surface area contributed by atoms with Gasteiger partial charge in [0.05, 0.1) is 25.3 Å². The van der Waals surface area contributed by atoms with Crippen molar-refractivity contribution in [3.63, 3.8) is 0 Å². The fraction of sp³-hybridized carbons (Fsp3) is 0.474. The van der Waals surface area contributed by atoms with E-state index in [2.05, 4.69) is 21.2 Å². The van der Waals surface area contributed by atoms with Gasteiger partial charge < -0.3 is 24.0 Å². The van der Waals surface area contributed by atoms with Crippen LogP contribution in [0.5, 0.6) is 11.5 Å². The molecule has 9 nitrogen and oxygen atoms in total. The maximum absolute atomic E-state index is 8.97. The molecule has 0 aliphatic carbocycles. The van der Waals surface area contributed by atoms with E-state index in [0.717, 1.165) is 26.2 Å². The van der Waals surface area contributed by atoms with Gasteiger partial charge in [0.25, 0.3) is 6.47 Å². The summed E-state index contributed by atoms with van der Waals surface area (Å²) >= 11 is 0. The van der Waals surface area contributed by atoms with Gasteiger partial charge in [-0.1, -0.05) is 0 Å². The molecule has 1 aromatic carbocycles. The summed E-state index contributed by atoms with van der Waals surface area (Å²) in [7, 11) is 1.59. The molecule has 1 aliphatic rings. The van der Waals surface area contributed by atoms with Crippen LogP contribution in [-0.4, -0.2) is 64.6 Å². The minimum atomic E-state index is -0.250. The van der Waals surface area contributed by atoms with Gasteiger partial charge in [-0.2, -0.15) is 5.26 Å². The zero-order valence-electron chi connectivity index (χ0n) is 15.9. The van der Waals surface area contributed by atoms with Gasteiger partial charge in [-0.05, 0) is 31.5 Å². The number of hydrogen-bond acceptors (Lipinski definition) is 7. The molecular weight excluding hydrogens is 362 g/mol. The average molecular weight is 387 g/mol. The fourth-order valence-electron chi connectivity index (χ4n) is 3.15. The van der Waals surface area contributed by atoms with E-state index in [0.29, 0.717) is 29.6 Å². The highest BCUT2D eigenvalue weighted by atomic mass is 16.5. The third-order valence-corrected chi connectivity index (χ3v) is 4.51. The van der Waals surface area contributed by atoms with Crippen molar-refractivity contribution in [1.82, 2.24) is 19.7 Å². The Bertz CT molecular complexity index is 760. The summed E-state index contributed by atoms with van der Waals surface area (Å²) in [5.41, 5.74) is 0.571. The maximum Gasteiger partial charge on any atom is 0.290 e. The van der Waals surface area contributed by atoms with E-state index in [9.17, 15) is 0 Å². The van der Waals surface area contributed by atoms with Crippen molar-refractivity contribution < 1.29 is 19.4 Å². The van der Waals surface area contributed by atoms with E-state index in [1.165, 1.54) is 12.8 Å². The number of hydrogen-bond donors (Lipinski definition) is 1. The van der Waals surface area contributed by atoms with Crippen LogP contribution < -0.4 is 9.47 Å². The van der Waals surface area contributed by atoms with Crippen LogP contribution in [0.1, 0.15) is 18.4 Å². The van der Waals surface area contributed by atoms with E-state index < -0.39 is 0 Å². The van der Waals surface area contributed by atoms with E-state index >= 15 is 0 Å². The van der Waals surface area contributed by atoms with Crippen LogP contribution >= 0.6 is 0 Å². The predicted molar refractivity (Wildman–Crippen MR) is 101 cm³/mol. The van der Waals surface area contributed by atoms with Crippen molar-refractivity contribution in [3.8, 4) is 17.6 Å². The Morgan fingerprint density at radius 1 is 1.32 bits per heavy atom. The highest BCUT2D eigenvalue weighted by Crippen LogP contribution is 2.29. The molecule has 1 atom stereocenters. The minimum Gasteiger partial charge on any atom is -0.493 e. The third kappa shape index (κ3) is 6.55. The quantitative estimate of drug-likeness (QED) is 0.714. The lowest BCUT2D eigenvalue weighted by atomic mass is 9.99. The van der Waals surface area contributed by atoms with E-state index in [-0.39, 0.29) is 6.47 Å². The molecular formula is C19H25N5O4. The molecule has 9 heteroatoms. The summed E-state index contributed by atoms with van der Waals surface area (Å²) in [6, 6.07) is 7.39. The summed E-state index contributed by atoms with van der Waals surface area (Å²) in [5, 5.41) is 23.5. The van der Waals surface area contributed by atoms with E-state index in [1.54, 1.807) is 31.9 Å². The van der Waals surface area contributed by atoms with Crippen molar-refractivity contribution in [1.29, 1.82) is 5.26 Å². The Labute approximate surface area is 164 Å². The first kappa shape index (κ1) is 21.2. The standard InChI is InChI=1S/C18H23N5O2.CH2O2/c1-24-18-9-15(10-19)4-5-17(18)25-12-16-3-2-6-22(11-16)7-8-23-13-20-21-14-23;2-1-3/h4-5,9,13-14,16H,2-3,6-8,11-12H2,1H3;1H,(H,2,3). The Morgan fingerprint density at radius 3 is 2.75 bits per heavy atom. The first-order chi connectivity index (χ1) is 13.7. The van der Waals surface area contributed by atoms with Crippen LogP contribution in [0.2, 0.25) is 0 Å². The summed E-state index contributed by atoms with van der Waals surface area (Å²) in [6.07, 6.45) is 5.85. The van der Waals surface area contributed by atoms with Crippen LogP contribution in [-0.2, 0) is 11.3 Å². The second-order valence-electron chi connectivity index (χ2n) is 6.40. The Kier molecular flexibility index (Phi) is 8.75. The van der Waals surface area contributed by atoms with Crippen LogP contribution in [0.25, 0.3) is 0 Å². The number of likely N-dealkylation sites (tertiary alicyclic amines) is 1. The van der Waals surface area contributed by atoms with Gasteiger partial charge in [0.2, 0.25) is 0 Å². The molecule has 2 aromatic rings. The zero-order valence-corrected chi connectivity index (χ0v) is 15.9.